The molecule has 1 heterocycles. The van der Waals surface area contributed by atoms with Gasteiger partial charge in [-0.1, -0.05) is 29.8 Å². The number of aromatic amines is 1. The Hall–Kier alpha value is -2.20. The topological polar surface area (TPSA) is 45.8 Å². The first-order valence-corrected chi connectivity index (χ1v) is 6.40. The summed E-state index contributed by atoms with van der Waals surface area (Å²) >= 11 is 6.13. The number of hydrogen-bond donors (Lipinski definition) is 1. The minimum atomic E-state index is -0.515. The molecule has 0 spiro atoms. The van der Waals surface area contributed by atoms with Gasteiger partial charge in [0.05, 0.1) is 21.5 Å². The molecule has 0 saturated heterocycles. The van der Waals surface area contributed by atoms with Crippen molar-refractivity contribution in [2.45, 2.75) is 6.92 Å². The van der Waals surface area contributed by atoms with Crippen LogP contribution in [0.15, 0.2) is 41.2 Å². The second-order valence-electron chi connectivity index (χ2n) is 4.48. The first-order chi connectivity index (χ1) is 9.58. The summed E-state index contributed by atoms with van der Waals surface area (Å²) < 4.78 is 14.0. The Morgan fingerprint density at radius 2 is 1.95 bits per heavy atom. The molecule has 1 N–H and O–H groups in total. The summed E-state index contributed by atoms with van der Waals surface area (Å²) in [4.78, 5) is 18.9. The molecule has 3 aromatic rings. The fraction of sp³-hybridized carbons (Fsp3) is 0.0667. The molecule has 0 atom stereocenters. The first-order valence-electron chi connectivity index (χ1n) is 6.02. The summed E-state index contributed by atoms with van der Waals surface area (Å²) in [6, 6.07) is 9.78. The lowest BCUT2D eigenvalue weighted by atomic mass is 10.1. The highest BCUT2D eigenvalue weighted by atomic mass is 35.5. The van der Waals surface area contributed by atoms with Gasteiger partial charge in [-0.15, -0.1) is 0 Å². The summed E-state index contributed by atoms with van der Waals surface area (Å²) in [5.41, 5.74) is 1.03. The van der Waals surface area contributed by atoms with Gasteiger partial charge in [-0.05, 0) is 30.7 Å². The zero-order chi connectivity index (χ0) is 14.3. The average Bonchev–Trinajstić information content (AvgIpc) is 2.44. The molecule has 0 amide bonds. The van der Waals surface area contributed by atoms with E-state index < -0.39 is 5.82 Å². The van der Waals surface area contributed by atoms with Crippen LogP contribution in [0.5, 0.6) is 0 Å². The van der Waals surface area contributed by atoms with Crippen LogP contribution in [0.4, 0.5) is 4.39 Å². The van der Waals surface area contributed by atoms with Crippen molar-refractivity contribution in [1.82, 2.24) is 9.97 Å². The molecule has 3 nitrogen and oxygen atoms in total. The van der Waals surface area contributed by atoms with Gasteiger partial charge in [0.2, 0.25) is 0 Å². The van der Waals surface area contributed by atoms with Gasteiger partial charge in [-0.3, -0.25) is 4.79 Å². The Labute approximate surface area is 119 Å². The maximum atomic E-state index is 14.0. The molecule has 0 unspecified atom stereocenters. The fourth-order valence-corrected chi connectivity index (χ4v) is 2.32. The normalized spacial score (nSPS) is 10.9. The quantitative estimate of drug-likeness (QED) is 0.742. The van der Waals surface area contributed by atoms with Crippen molar-refractivity contribution < 1.29 is 4.39 Å². The van der Waals surface area contributed by atoms with E-state index in [0.717, 1.165) is 5.56 Å². The predicted molar refractivity (Wildman–Crippen MR) is 77.5 cm³/mol. The van der Waals surface area contributed by atoms with E-state index >= 15 is 0 Å². The number of rotatable bonds is 1. The van der Waals surface area contributed by atoms with E-state index in [1.807, 2.05) is 0 Å². The number of hydrogen-bond acceptors (Lipinski definition) is 2. The monoisotopic (exact) mass is 288 g/mol. The van der Waals surface area contributed by atoms with Gasteiger partial charge >= 0.3 is 0 Å². The van der Waals surface area contributed by atoms with Crippen molar-refractivity contribution in [3.8, 4) is 11.4 Å². The fourth-order valence-electron chi connectivity index (χ4n) is 2.08. The third-order valence-electron chi connectivity index (χ3n) is 3.13. The van der Waals surface area contributed by atoms with Crippen molar-refractivity contribution in [3.63, 3.8) is 0 Å². The first kappa shape index (κ1) is 12.8. The second-order valence-corrected chi connectivity index (χ2v) is 4.86. The molecular formula is C15H10ClFN2O. The van der Waals surface area contributed by atoms with E-state index in [4.69, 9.17) is 11.6 Å². The molecule has 1 aromatic heterocycles. The van der Waals surface area contributed by atoms with Crippen molar-refractivity contribution in [3.05, 3.63) is 63.2 Å². The van der Waals surface area contributed by atoms with E-state index in [2.05, 4.69) is 9.97 Å². The highest BCUT2D eigenvalue weighted by molar-refractivity contribution is 6.34. The maximum absolute atomic E-state index is 14.0. The second kappa shape index (κ2) is 4.72. The summed E-state index contributed by atoms with van der Waals surface area (Å²) in [5.74, 6) is -0.376. The number of fused-ring (bicyclic) bond motifs is 1. The zero-order valence-corrected chi connectivity index (χ0v) is 11.3. The SMILES string of the molecule is Cc1ccc(F)c(-c2nc3ccccc3c(=O)[nH]2)c1Cl. The van der Waals surface area contributed by atoms with Crippen LogP contribution >= 0.6 is 11.6 Å². The average molecular weight is 289 g/mol. The van der Waals surface area contributed by atoms with Crippen LogP contribution in [0.3, 0.4) is 0 Å². The molecule has 5 heteroatoms. The van der Waals surface area contributed by atoms with Gasteiger partial charge < -0.3 is 4.98 Å². The molecule has 0 aliphatic rings. The number of benzene rings is 2. The highest BCUT2D eigenvalue weighted by Crippen LogP contribution is 2.30. The van der Waals surface area contributed by atoms with Crippen LogP contribution < -0.4 is 5.56 Å². The minimum Gasteiger partial charge on any atom is -0.306 e. The Balaban J connectivity index is 2.36. The Morgan fingerprint density at radius 3 is 2.75 bits per heavy atom. The van der Waals surface area contributed by atoms with Crippen molar-refractivity contribution in [1.29, 1.82) is 0 Å². The molecule has 0 fully saturated rings. The molecule has 100 valence electrons. The van der Waals surface area contributed by atoms with Crippen molar-refractivity contribution in [2.24, 2.45) is 0 Å². The number of aryl methyl sites for hydroxylation is 1. The molecule has 0 aliphatic heterocycles. The number of H-pyrrole nitrogens is 1. The van der Waals surface area contributed by atoms with E-state index in [9.17, 15) is 9.18 Å². The Bertz CT molecular complexity index is 873. The summed E-state index contributed by atoms with van der Waals surface area (Å²) in [6.07, 6.45) is 0. The molecule has 20 heavy (non-hydrogen) atoms. The number of halogens is 2. The van der Waals surface area contributed by atoms with Gasteiger partial charge in [0, 0.05) is 0 Å². The van der Waals surface area contributed by atoms with E-state index in [1.54, 1.807) is 37.3 Å². The van der Waals surface area contributed by atoms with Crippen LogP contribution in [0.25, 0.3) is 22.3 Å². The van der Waals surface area contributed by atoms with Gasteiger partial charge in [0.25, 0.3) is 5.56 Å². The standard InChI is InChI=1S/C15H10ClFN2O/c1-8-6-7-10(17)12(13(8)16)14-18-11-5-3-2-4-9(11)15(20)19-14/h2-7H,1H3,(H,18,19,20). The van der Waals surface area contributed by atoms with Gasteiger partial charge in [-0.25, -0.2) is 9.37 Å². The lowest BCUT2D eigenvalue weighted by Gasteiger charge is -2.08. The summed E-state index contributed by atoms with van der Waals surface area (Å²) in [7, 11) is 0. The van der Waals surface area contributed by atoms with E-state index in [1.165, 1.54) is 6.07 Å². The van der Waals surface area contributed by atoms with Gasteiger partial charge in [0.1, 0.15) is 11.6 Å². The molecule has 0 aliphatic carbocycles. The van der Waals surface area contributed by atoms with E-state index in [0.29, 0.717) is 10.9 Å². The van der Waals surface area contributed by atoms with Crippen LogP contribution in [-0.4, -0.2) is 9.97 Å². The number of aromatic nitrogens is 2. The summed E-state index contributed by atoms with van der Waals surface area (Å²) in [5, 5.41) is 0.712. The van der Waals surface area contributed by atoms with Crippen molar-refractivity contribution >= 4 is 22.5 Å². The van der Waals surface area contributed by atoms with Gasteiger partial charge in [0.15, 0.2) is 0 Å². The molecular weight excluding hydrogens is 279 g/mol. The predicted octanol–water partition coefficient (Wildman–Crippen LogP) is 3.69. The van der Waals surface area contributed by atoms with Crippen LogP contribution in [-0.2, 0) is 0 Å². The van der Waals surface area contributed by atoms with Crippen LogP contribution in [0.1, 0.15) is 5.56 Å². The zero-order valence-electron chi connectivity index (χ0n) is 10.6. The Kier molecular flexibility index (Phi) is 3.03. The molecule has 0 bridgehead atoms. The third-order valence-corrected chi connectivity index (χ3v) is 3.62. The van der Waals surface area contributed by atoms with Crippen molar-refractivity contribution in [2.75, 3.05) is 0 Å². The lowest BCUT2D eigenvalue weighted by molar-refractivity contribution is 0.629. The Morgan fingerprint density at radius 1 is 1.20 bits per heavy atom. The third kappa shape index (κ3) is 1.98. The van der Waals surface area contributed by atoms with Crippen LogP contribution in [0.2, 0.25) is 5.02 Å². The molecule has 0 radical (unpaired) electrons. The lowest BCUT2D eigenvalue weighted by Crippen LogP contribution is -2.10. The summed E-state index contributed by atoms with van der Waals surface area (Å²) in [6.45, 7) is 1.77. The largest absolute Gasteiger partial charge is 0.306 e. The molecule has 2 aromatic carbocycles. The molecule has 3 rings (SSSR count). The van der Waals surface area contributed by atoms with Crippen LogP contribution in [0, 0.1) is 12.7 Å². The molecule has 0 saturated carbocycles. The van der Waals surface area contributed by atoms with Gasteiger partial charge in [-0.2, -0.15) is 0 Å². The highest BCUT2D eigenvalue weighted by Gasteiger charge is 2.15. The smallest absolute Gasteiger partial charge is 0.259 e. The number of para-hydroxylation sites is 1. The minimum absolute atomic E-state index is 0.120. The van der Waals surface area contributed by atoms with E-state index in [-0.39, 0.29) is 22.0 Å². The maximum Gasteiger partial charge on any atom is 0.259 e. The number of nitrogens with zero attached hydrogens (tertiary/aromatic N) is 1. The number of nitrogens with one attached hydrogen (secondary N) is 1.